The lowest BCUT2D eigenvalue weighted by atomic mass is 10.3. The lowest BCUT2D eigenvalue weighted by molar-refractivity contribution is 0.459. The molecule has 1 aromatic heterocycles. The van der Waals surface area contributed by atoms with Crippen LogP contribution in [0.25, 0.3) is 0 Å². The smallest absolute Gasteiger partial charge is 0.252 e. The second kappa shape index (κ2) is 4.05. The number of thiazole rings is 1. The minimum Gasteiger partial charge on any atom is -0.491 e. The molecule has 3 N–H and O–H groups in total. The number of nitrogen functional groups attached to an aromatic ring is 1. The van der Waals surface area contributed by atoms with E-state index in [1.165, 1.54) is 0 Å². The van der Waals surface area contributed by atoms with Crippen molar-refractivity contribution in [1.29, 1.82) is 0 Å². The van der Waals surface area contributed by atoms with Gasteiger partial charge in [0.05, 0.1) is 5.69 Å². The summed E-state index contributed by atoms with van der Waals surface area (Å²) < 4.78 is 0. The average Bonchev–Trinajstić information content (AvgIpc) is 2.56. The van der Waals surface area contributed by atoms with Gasteiger partial charge in [-0.25, -0.2) is 0 Å². The maximum absolute atomic E-state index is 9.27. The molecule has 0 spiro atoms. The topological polar surface area (TPSA) is 83.9 Å². The van der Waals surface area contributed by atoms with Crippen molar-refractivity contribution in [3.05, 3.63) is 30.3 Å². The van der Waals surface area contributed by atoms with Crippen LogP contribution < -0.4 is 5.73 Å². The number of benzene rings is 1. The summed E-state index contributed by atoms with van der Waals surface area (Å²) in [4.78, 5) is 3.62. The van der Waals surface area contributed by atoms with Crippen molar-refractivity contribution in [3.8, 4) is 5.88 Å². The zero-order valence-corrected chi connectivity index (χ0v) is 8.48. The minimum atomic E-state index is -0.183. The standard InChI is InChI=1S/C9H8N4OS/c10-9-11-7(14)8(15-9)13-12-6-4-2-1-3-5-6/h1-5,14H,(H2,10,11). The van der Waals surface area contributed by atoms with Crippen LogP contribution in [0.4, 0.5) is 15.8 Å². The van der Waals surface area contributed by atoms with Gasteiger partial charge in [0.2, 0.25) is 5.00 Å². The van der Waals surface area contributed by atoms with Gasteiger partial charge >= 0.3 is 0 Å². The number of nitrogens with zero attached hydrogens (tertiary/aromatic N) is 3. The molecule has 76 valence electrons. The zero-order valence-electron chi connectivity index (χ0n) is 7.66. The van der Waals surface area contributed by atoms with Crippen LogP contribution in [0, 0.1) is 0 Å². The highest BCUT2D eigenvalue weighted by atomic mass is 32.1. The van der Waals surface area contributed by atoms with Crippen LogP contribution in [0.3, 0.4) is 0 Å². The summed E-state index contributed by atoms with van der Waals surface area (Å²) in [7, 11) is 0. The Labute approximate surface area is 89.9 Å². The fourth-order valence-electron chi connectivity index (χ4n) is 0.983. The molecular weight excluding hydrogens is 212 g/mol. The Balaban J connectivity index is 2.22. The monoisotopic (exact) mass is 220 g/mol. The van der Waals surface area contributed by atoms with Crippen LogP contribution >= 0.6 is 11.3 Å². The van der Waals surface area contributed by atoms with E-state index in [0.29, 0.717) is 10.7 Å². The van der Waals surface area contributed by atoms with Gasteiger partial charge in [0.25, 0.3) is 5.88 Å². The maximum atomic E-state index is 9.27. The zero-order chi connectivity index (χ0) is 10.7. The number of hydrogen-bond acceptors (Lipinski definition) is 6. The Morgan fingerprint density at radius 3 is 2.53 bits per heavy atom. The first-order valence-electron chi connectivity index (χ1n) is 4.18. The quantitative estimate of drug-likeness (QED) is 0.763. The summed E-state index contributed by atoms with van der Waals surface area (Å²) in [6.07, 6.45) is 0. The molecule has 0 bridgehead atoms. The molecule has 0 aliphatic carbocycles. The summed E-state index contributed by atoms with van der Waals surface area (Å²) in [6, 6.07) is 9.22. The van der Waals surface area contributed by atoms with Crippen LogP contribution in [0.1, 0.15) is 0 Å². The molecule has 0 aliphatic heterocycles. The van der Waals surface area contributed by atoms with E-state index in [1.807, 2.05) is 30.3 Å². The van der Waals surface area contributed by atoms with E-state index in [1.54, 1.807) is 0 Å². The summed E-state index contributed by atoms with van der Waals surface area (Å²) in [5.41, 5.74) is 6.11. The normalized spacial score (nSPS) is 10.9. The van der Waals surface area contributed by atoms with Crippen LogP contribution in [0.2, 0.25) is 0 Å². The fourth-order valence-corrected chi connectivity index (χ4v) is 1.53. The maximum Gasteiger partial charge on any atom is 0.252 e. The average molecular weight is 220 g/mol. The Kier molecular flexibility index (Phi) is 2.59. The summed E-state index contributed by atoms with van der Waals surface area (Å²) in [6.45, 7) is 0. The third-order valence-electron chi connectivity index (χ3n) is 1.62. The van der Waals surface area contributed by atoms with Gasteiger partial charge in [-0.2, -0.15) is 4.98 Å². The molecule has 0 saturated heterocycles. The predicted molar refractivity (Wildman–Crippen MR) is 58.8 cm³/mol. The number of aromatic nitrogens is 1. The molecule has 15 heavy (non-hydrogen) atoms. The minimum absolute atomic E-state index is 0.183. The lowest BCUT2D eigenvalue weighted by Crippen LogP contribution is -1.78. The van der Waals surface area contributed by atoms with Gasteiger partial charge in [-0.3, -0.25) is 0 Å². The first-order chi connectivity index (χ1) is 7.25. The molecule has 0 fully saturated rings. The van der Waals surface area contributed by atoms with E-state index in [4.69, 9.17) is 5.73 Å². The molecule has 2 rings (SSSR count). The molecule has 0 saturated carbocycles. The van der Waals surface area contributed by atoms with E-state index in [0.717, 1.165) is 11.3 Å². The van der Waals surface area contributed by atoms with Gasteiger partial charge in [0.15, 0.2) is 5.13 Å². The number of rotatable bonds is 2. The van der Waals surface area contributed by atoms with Crippen molar-refractivity contribution in [2.75, 3.05) is 5.73 Å². The van der Waals surface area contributed by atoms with Crippen LogP contribution in [0.15, 0.2) is 40.6 Å². The fraction of sp³-hybridized carbons (Fsp3) is 0. The third-order valence-corrected chi connectivity index (χ3v) is 2.38. The molecule has 1 aromatic carbocycles. The number of aromatic hydroxyl groups is 1. The van der Waals surface area contributed by atoms with Gasteiger partial charge < -0.3 is 10.8 Å². The van der Waals surface area contributed by atoms with Crippen molar-refractivity contribution in [2.24, 2.45) is 10.2 Å². The molecule has 5 nitrogen and oxygen atoms in total. The van der Waals surface area contributed by atoms with Crippen molar-refractivity contribution >= 4 is 27.2 Å². The van der Waals surface area contributed by atoms with Gasteiger partial charge in [0.1, 0.15) is 0 Å². The number of anilines is 1. The van der Waals surface area contributed by atoms with E-state index in [2.05, 4.69) is 15.2 Å². The largest absolute Gasteiger partial charge is 0.491 e. The van der Waals surface area contributed by atoms with Gasteiger partial charge in [-0.15, -0.1) is 10.2 Å². The Hall–Kier alpha value is -1.95. The molecular formula is C9H8N4OS. The molecule has 1 heterocycles. The van der Waals surface area contributed by atoms with E-state index in [-0.39, 0.29) is 11.0 Å². The highest BCUT2D eigenvalue weighted by Gasteiger charge is 2.06. The molecule has 0 radical (unpaired) electrons. The summed E-state index contributed by atoms with van der Waals surface area (Å²) in [5.74, 6) is -0.183. The highest BCUT2D eigenvalue weighted by Crippen LogP contribution is 2.35. The van der Waals surface area contributed by atoms with Gasteiger partial charge in [-0.1, -0.05) is 29.5 Å². The second-order valence-electron chi connectivity index (χ2n) is 2.72. The Morgan fingerprint density at radius 1 is 1.20 bits per heavy atom. The van der Waals surface area contributed by atoms with E-state index >= 15 is 0 Å². The number of nitrogens with two attached hydrogens (primary N) is 1. The van der Waals surface area contributed by atoms with Crippen molar-refractivity contribution in [2.45, 2.75) is 0 Å². The van der Waals surface area contributed by atoms with Crippen molar-refractivity contribution < 1.29 is 5.11 Å². The Bertz CT molecular complexity index is 480. The molecule has 0 amide bonds. The SMILES string of the molecule is Nc1nc(O)c(N=Nc2ccccc2)s1. The van der Waals surface area contributed by atoms with Crippen molar-refractivity contribution in [1.82, 2.24) is 4.98 Å². The number of azo groups is 1. The van der Waals surface area contributed by atoms with Crippen LogP contribution in [-0.4, -0.2) is 10.1 Å². The molecule has 0 unspecified atom stereocenters. The van der Waals surface area contributed by atoms with Crippen LogP contribution in [-0.2, 0) is 0 Å². The van der Waals surface area contributed by atoms with Gasteiger partial charge in [-0.05, 0) is 12.1 Å². The first-order valence-corrected chi connectivity index (χ1v) is 4.99. The van der Waals surface area contributed by atoms with Crippen LogP contribution in [0.5, 0.6) is 5.88 Å². The van der Waals surface area contributed by atoms with E-state index in [9.17, 15) is 5.11 Å². The predicted octanol–water partition coefficient (Wildman–Crippen LogP) is 2.85. The molecule has 0 atom stereocenters. The van der Waals surface area contributed by atoms with Crippen molar-refractivity contribution in [3.63, 3.8) is 0 Å². The second-order valence-corrected chi connectivity index (χ2v) is 3.73. The molecule has 2 aromatic rings. The highest BCUT2D eigenvalue weighted by molar-refractivity contribution is 7.19. The molecule has 6 heteroatoms. The van der Waals surface area contributed by atoms with Gasteiger partial charge in [0, 0.05) is 0 Å². The van der Waals surface area contributed by atoms with E-state index < -0.39 is 0 Å². The Morgan fingerprint density at radius 2 is 1.93 bits per heavy atom. The summed E-state index contributed by atoms with van der Waals surface area (Å²) >= 11 is 1.09. The number of hydrogen-bond donors (Lipinski definition) is 2. The lowest BCUT2D eigenvalue weighted by Gasteiger charge is -1.88. The molecule has 0 aliphatic rings. The summed E-state index contributed by atoms with van der Waals surface area (Å²) in [5, 5.41) is 17.6. The first kappa shape index (κ1) is 9.60. The third kappa shape index (κ3) is 2.29.